The molecule has 0 N–H and O–H groups in total. The first-order chi connectivity index (χ1) is 12.4. The van der Waals surface area contributed by atoms with Crippen LogP contribution >= 0.6 is 0 Å². The molecule has 26 heavy (non-hydrogen) atoms. The van der Waals surface area contributed by atoms with Gasteiger partial charge in [0.1, 0.15) is 5.69 Å². The van der Waals surface area contributed by atoms with Gasteiger partial charge in [-0.2, -0.15) is 5.10 Å². The molecule has 0 saturated carbocycles. The van der Waals surface area contributed by atoms with Gasteiger partial charge in [0, 0.05) is 32.1 Å². The minimum absolute atomic E-state index is 0.0489. The van der Waals surface area contributed by atoms with E-state index in [1.165, 1.54) is 11.1 Å². The number of carbonyl (C=O) groups is 1. The molecule has 5 nitrogen and oxygen atoms in total. The number of aromatic nitrogens is 2. The number of amides is 1. The number of ether oxygens (including phenoxy) is 1. The van der Waals surface area contributed by atoms with Crippen LogP contribution in [0.25, 0.3) is 0 Å². The van der Waals surface area contributed by atoms with Crippen molar-refractivity contribution in [1.82, 2.24) is 14.7 Å². The molecule has 4 rings (SSSR count). The Morgan fingerprint density at radius 1 is 1.23 bits per heavy atom. The second kappa shape index (κ2) is 6.54. The summed E-state index contributed by atoms with van der Waals surface area (Å²) in [4.78, 5) is 15.0. The number of likely N-dealkylation sites (tertiary alicyclic amines) is 1. The highest BCUT2D eigenvalue weighted by atomic mass is 16.5. The molecule has 138 valence electrons. The molecule has 2 aliphatic rings. The molecule has 1 aromatic carbocycles. The van der Waals surface area contributed by atoms with Crippen molar-refractivity contribution in [2.24, 2.45) is 13.0 Å². The monoisotopic (exact) mass is 353 g/mol. The summed E-state index contributed by atoms with van der Waals surface area (Å²) in [5, 5.41) is 4.57. The second-order valence-corrected chi connectivity index (χ2v) is 7.89. The van der Waals surface area contributed by atoms with Crippen LogP contribution in [-0.4, -0.2) is 39.8 Å². The maximum atomic E-state index is 13.1. The first-order valence-electron chi connectivity index (χ1n) is 9.48. The number of hydrogen-bond acceptors (Lipinski definition) is 3. The zero-order valence-electron chi connectivity index (χ0n) is 16.0. The summed E-state index contributed by atoms with van der Waals surface area (Å²) < 4.78 is 7.60. The van der Waals surface area contributed by atoms with Crippen LogP contribution < -0.4 is 0 Å². The third-order valence-electron chi connectivity index (χ3n) is 5.58. The SMILES string of the molecule is Cc1ccc(CC2CN(C(=O)c3c4c(nn3C)[C@H](C)O[C@H](C)C4)C2)cc1. The van der Waals surface area contributed by atoms with Crippen molar-refractivity contribution >= 4 is 5.91 Å². The van der Waals surface area contributed by atoms with Gasteiger partial charge in [0.25, 0.3) is 5.91 Å². The normalized spacial score (nSPS) is 22.8. The molecule has 0 unspecified atom stereocenters. The summed E-state index contributed by atoms with van der Waals surface area (Å²) in [5.41, 5.74) is 5.38. The number of benzene rings is 1. The Kier molecular flexibility index (Phi) is 4.35. The van der Waals surface area contributed by atoms with Gasteiger partial charge in [-0.3, -0.25) is 9.48 Å². The molecule has 2 aliphatic heterocycles. The van der Waals surface area contributed by atoms with Gasteiger partial charge in [-0.1, -0.05) is 29.8 Å². The van der Waals surface area contributed by atoms with Crippen LogP contribution in [0.2, 0.25) is 0 Å². The van der Waals surface area contributed by atoms with Gasteiger partial charge < -0.3 is 9.64 Å². The zero-order valence-corrected chi connectivity index (χ0v) is 16.0. The molecule has 1 amide bonds. The summed E-state index contributed by atoms with van der Waals surface area (Å²) >= 11 is 0. The number of nitrogens with zero attached hydrogens (tertiary/aromatic N) is 3. The Hall–Kier alpha value is -2.14. The van der Waals surface area contributed by atoms with E-state index in [9.17, 15) is 4.79 Å². The van der Waals surface area contributed by atoms with E-state index in [0.717, 1.165) is 42.9 Å². The van der Waals surface area contributed by atoms with E-state index in [1.807, 2.05) is 18.9 Å². The highest BCUT2D eigenvalue weighted by molar-refractivity contribution is 5.95. The Bertz CT molecular complexity index is 819. The largest absolute Gasteiger partial charge is 0.369 e. The van der Waals surface area contributed by atoms with Crippen LogP contribution in [0.3, 0.4) is 0 Å². The molecular weight excluding hydrogens is 326 g/mol. The van der Waals surface area contributed by atoms with Crippen LogP contribution in [0.5, 0.6) is 0 Å². The molecule has 5 heteroatoms. The lowest BCUT2D eigenvalue weighted by atomic mass is 9.91. The van der Waals surface area contributed by atoms with Gasteiger partial charge in [-0.05, 0) is 38.7 Å². The van der Waals surface area contributed by atoms with Gasteiger partial charge in [-0.15, -0.1) is 0 Å². The molecule has 2 atom stereocenters. The molecule has 3 heterocycles. The highest BCUT2D eigenvalue weighted by Gasteiger charge is 2.37. The maximum Gasteiger partial charge on any atom is 0.272 e. The Morgan fingerprint density at radius 3 is 2.62 bits per heavy atom. The van der Waals surface area contributed by atoms with Gasteiger partial charge >= 0.3 is 0 Å². The quantitative estimate of drug-likeness (QED) is 0.852. The average molecular weight is 353 g/mol. The van der Waals surface area contributed by atoms with E-state index in [0.29, 0.717) is 5.92 Å². The summed E-state index contributed by atoms with van der Waals surface area (Å²) in [6.07, 6.45) is 1.87. The third kappa shape index (κ3) is 3.05. The molecule has 0 aliphatic carbocycles. The lowest BCUT2D eigenvalue weighted by Gasteiger charge is -2.39. The maximum absolute atomic E-state index is 13.1. The predicted molar refractivity (Wildman–Crippen MR) is 100 cm³/mol. The van der Waals surface area contributed by atoms with Crippen molar-refractivity contribution in [1.29, 1.82) is 0 Å². The lowest BCUT2D eigenvalue weighted by molar-refractivity contribution is -0.00720. The lowest BCUT2D eigenvalue weighted by Crippen LogP contribution is -2.51. The van der Waals surface area contributed by atoms with Gasteiger partial charge in [-0.25, -0.2) is 0 Å². The van der Waals surface area contributed by atoms with Crippen molar-refractivity contribution in [2.75, 3.05) is 13.1 Å². The van der Waals surface area contributed by atoms with Gasteiger partial charge in [0.15, 0.2) is 0 Å². The van der Waals surface area contributed by atoms with E-state index in [4.69, 9.17) is 4.74 Å². The van der Waals surface area contributed by atoms with Crippen molar-refractivity contribution in [3.8, 4) is 0 Å². The standard InChI is InChI=1S/C21H27N3O2/c1-13-5-7-16(8-6-13)10-17-11-24(12-17)21(25)20-18-9-14(2)26-15(3)19(18)22-23(20)4/h5-8,14-15,17H,9-12H2,1-4H3/t14-,15+/m1/s1. The van der Waals surface area contributed by atoms with Crippen LogP contribution in [-0.2, 0) is 24.6 Å². The predicted octanol–water partition coefficient (Wildman–Crippen LogP) is 3.07. The number of carbonyl (C=O) groups excluding carboxylic acids is 1. The number of fused-ring (bicyclic) bond motifs is 1. The molecule has 1 fully saturated rings. The summed E-state index contributed by atoms with van der Waals surface area (Å²) in [6, 6.07) is 8.70. The topological polar surface area (TPSA) is 47.4 Å². The van der Waals surface area contributed by atoms with E-state index >= 15 is 0 Å². The van der Waals surface area contributed by atoms with E-state index in [2.05, 4.69) is 43.2 Å². The third-order valence-corrected chi connectivity index (χ3v) is 5.58. The van der Waals surface area contributed by atoms with Gasteiger partial charge in [0.2, 0.25) is 0 Å². The van der Waals surface area contributed by atoms with E-state index in [1.54, 1.807) is 4.68 Å². The van der Waals surface area contributed by atoms with Crippen LogP contribution in [0, 0.1) is 12.8 Å². The number of aryl methyl sites for hydroxylation is 2. The fourth-order valence-corrected chi connectivity index (χ4v) is 4.20. The highest BCUT2D eigenvalue weighted by Crippen LogP contribution is 2.33. The molecule has 0 radical (unpaired) electrons. The molecule has 2 aromatic rings. The fourth-order valence-electron chi connectivity index (χ4n) is 4.20. The summed E-state index contributed by atoms with van der Waals surface area (Å²) in [7, 11) is 1.87. The zero-order chi connectivity index (χ0) is 18.4. The first kappa shape index (κ1) is 17.3. The van der Waals surface area contributed by atoms with Crippen molar-refractivity contribution in [3.63, 3.8) is 0 Å². The minimum Gasteiger partial charge on any atom is -0.369 e. The molecule has 1 saturated heterocycles. The Balaban J connectivity index is 1.44. The second-order valence-electron chi connectivity index (χ2n) is 7.89. The molecule has 1 aromatic heterocycles. The van der Waals surface area contributed by atoms with E-state index in [-0.39, 0.29) is 18.1 Å². The summed E-state index contributed by atoms with van der Waals surface area (Å²) in [5.74, 6) is 0.662. The minimum atomic E-state index is -0.0489. The smallest absolute Gasteiger partial charge is 0.272 e. The van der Waals surface area contributed by atoms with Crippen LogP contribution in [0.4, 0.5) is 0 Å². The summed E-state index contributed by atoms with van der Waals surface area (Å²) in [6.45, 7) is 7.83. The van der Waals surface area contributed by atoms with Crippen molar-refractivity contribution < 1.29 is 9.53 Å². The fraction of sp³-hybridized carbons (Fsp3) is 0.524. The van der Waals surface area contributed by atoms with Crippen LogP contribution in [0.15, 0.2) is 24.3 Å². The first-order valence-corrected chi connectivity index (χ1v) is 9.48. The van der Waals surface area contributed by atoms with E-state index < -0.39 is 0 Å². The van der Waals surface area contributed by atoms with Gasteiger partial charge in [0.05, 0.1) is 17.9 Å². The van der Waals surface area contributed by atoms with Crippen LogP contribution in [0.1, 0.15) is 52.8 Å². The van der Waals surface area contributed by atoms with Crippen molar-refractivity contribution in [2.45, 2.75) is 45.8 Å². The molecule has 0 spiro atoms. The molecule has 0 bridgehead atoms. The van der Waals surface area contributed by atoms with Crippen molar-refractivity contribution in [3.05, 3.63) is 52.3 Å². The average Bonchev–Trinajstić information content (AvgIpc) is 2.88. The Labute approximate surface area is 154 Å². The number of hydrogen-bond donors (Lipinski definition) is 0. The molecular formula is C21H27N3O2. The Morgan fingerprint density at radius 2 is 1.92 bits per heavy atom. The number of rotatable bonds is 3.